The molecule has 84 heavy (non-hydrogen) atoms. The molecule has 0 aliphatic heterocycles. The summed E-state index contributed by atoms with van der Waals surface area (Å²) in [6, 6.07) is 98.4. The minimum atomic E-state index is 0.602. The predicted octanol–water partition coefficient (Wildman–Crippen LogP) is 20.1. The lowest BCUT2D eigenvalue weighted by atomic mass is 9.97. The number of nitrogens with zero attached hydrogens (tertiary/aromatic N) is 6. The molecule has 4 aromatic heterocycles. The van der Waals surface area contributed by atoms with Crippen molar-refractivity contribution in [3.8, 4) is 84.6 Å². The van der Waals surface area contributed by atoms with Gasteiger partial charge in [0.25, 0.3) is 0 Å². The normalized spacial score (nSPS) is 11.8. The molecule has 6 nitrogen and oxygen atoms in total. The van der Waals surface area contributed by atoms with Crippen molar-refractivity contribution in [3.63, 3.8) is 0 Å². The Bertz CT molecular complexity index is 4630. The maximum Gasteiger partial charge on any atom is 0.164 e. The Hall–Kier alpha value is -11.0. The molecule has 6 heteroatoms. The van der Waals surface area contributed by atoms with Crippen LogP contribution >= 0.6 is 0 Å². The highest BCUT2D eigenvalue weighted by Gasteiger charge is 2.20. The fourth-order valence-electron chi connectivity index (χ4n) is 13.2. The molecule has 0 fully saturated rings. The topological polar surface area (TPSA) is 53.5 Å². The summed E-state index contributed by atoms with van der Waals surface area (Å²) in [4.78, 5) is 16.1. The highest BCUT2D eigenvalue weighted by atomic mass is 15.0. The van der Waals surface area contributed by atoms with Gasteiger partial charge in [0.1, 0.15) is 0 Å². The molecule has 0 unspecified atom stereocenters. The summed E-state index contributed by atoms with van der Waals surface area (Å²) in [6.45, 7) is 6.62. The molecule has 16 aromatic rings. The summed E-state index contributed by atoms with van der Waals surface area (Å²) >= 11 is 0. The van der Waals surface area contributed by atoms with Crippen LogP contribution in [0, 0.1) is 20.8 Å². The second-order valence-corrected chi connectivity index (χ2v) is 22.2. The van der Waals surface area contributed by atoms with Gasteiger partial charge in [0.05, 0.1) is 33.1 Å². The summed E-state index contributed by atoms with van der Waals surface area (Å²) in [6.07, 6.45) is 0. The third-order valence-electron chi connectivity index (χ3n) is 17.1. The van der Waals surface area contributed by atoms with Crippen LogP contribution in [-0.4, -0.2) is 28.7 Å². The second kappa shape index (κ2) is 19.7. The molecule has 0 saturated heterocycles. The van der Waals surface area contributed by atoms with E-state index in [1.54, 1.807) is 0 Å². The van der Waals surface area contributed by atoms with Crippen LogP contribution in [-0.2, 0) is 0 Å². The van der Waals surface area contributed by atoms with E-state index in [1.165, 1.54) is 82.1 Å². The van der Waals surface area contributed by atoms with Crippen LogP contribution in [0.5, 0.6) is 0 Å². The zero-order valence-corrected chi connectivity index (χ0v) is 46.7. The van der Waals surface area contributed by atoms with E-state index in [2.05, 4.69) is 307 Å². The van der Waals surface area contributed by atoms with Gasteiger partial charge in [0, 0.05) is 66.1 Å². The van der Waals surface area contributed by atoms with Crippen molar-refractivity contribution >= 4 is 65.4 Å². The smallest absolute Gasteiger partial charge is 0.164 e. The van der Waals surface area contributed by atoms with Crippen LogP contribution in [0.1, 0.15) is 16.7 Å². The van der Waals surface area contributed by atoms with Gasteiger partial charge >= 0.3 is 0 Å². The highest BCUT2D eigenvalue weighted by Crippen LogP contribution is 2.40. The van der Waals surface area contributed by atoms with Gasteiger partial charge in [-0.1, -0.05) is 182 Å². The first-order valence-corrected chi connectivity index (χ1v) is 28.7. The largest absolute Gasteiger partial charge is 0.309 e. The van der Waals surface area contributed by atoms with Crippen molar-refractivity contribution in [1.29, 1.82) is 0 Å². The third kappa shape index (κ3) is 8.05. The van der Waals surface area contributed by atoms with Gasteiger partial charge in [-0.25, -0.2) is 15.0 Å². The van der Waals surface area contributed by atoms with E-state index in [9.17, 15) is 0 Å². The molecule has 16 rings (SSSR count). The van der Waals surface area contributed by atoms with E-state index in [-0.39, 0.29) is 0 Å². The van der Waals surface area contributed by atoms with Crippen LogP contribution in [0.25, 0.3) is 150 Å². The number of fused-ring (bicyclic) bond motifs is 9. The minimum absolute atomic E-state index is 0.602. The van der Waals surface area contributed by atoms with Gasteiger partial charge in [-0.3, -0.25) is 0 Å². The van der Waals surface area contributed by atoms with Gasteiger partial charge in [-0.2, -0.15) is 0 Å². The zero-order chi connectivity index (χ0) is 56.0. The highest BCUT2D eigenvalue weighted by molar-refractivity contribution is 6.11. The number of aryl methyl sites for hydroxylation is 3. The van der Waals surface area contributed by atoms with E-state index >= 15 is 0 Å². The first kappa shape index (κ1) is 48.9. The molecule has 0 spiro atoms. The van der Waals surface area contributed by atoms with Crippen LogP contribution in [0.4, 0.5) is 0 Å². The molecule has 4 heterocycles. The lowest BCUT2D eigenvalue weighted by Crippen LogP contribution is -2.01. The zero-order valence-electron chi connectivity index (χ0n) is 46.7. The van der Waals surface area contributed by atoms with Crippen molar-refractivity contribution in [2.75, 3.05) is 0 Å². The Labute approximate surface area is 486 Å². The van der Waals surface area contributed by atoms with Crippen molar-refractivity contribution in [3.05, 3.63) is 290 Å². The first-order valence-electron chi connectivity index (χ1n) is 28.7. The maximum absolute atomic E-state index is 5.37. The summed E-state index contributed by atoms with van der Waals surface area (Å²) in [7, 11) is 0. The molecule has 0 amide bonds. The SMILES string of the molecule is Cc1cc(-n2c3ccccc3c3ccccc32)ccc1-c1cccc(-c2nc(-c3cccc(-c4ccc(-n5c6ccccc6c6ccccc65)cc4C)c3)nc(-c3cccc(-c4ccc(-n5c6ccccc6c6ccccc65)cc4C)c3)n2)c1. The van der Waals surface area contributed by atoms with E-state index in [4.69, 9.17) is 15.0 Å². The first-order chi connectivity index (χ1) is 41.4. The maximum atomic E-state index is 5.37. The van der Waals surface area contributed by atoms with Crippen molar-refractivity contribution in [2.45, 2.75) is 20.8 Å². The van der Waals surface area contributed by atoms with Crippen molar-refractivity contribution in [1.82, 2.24) is 28.7 Å². The number of aromatic nitrogens is 6. The molecule has 0 radical (unpaired) electrons. The molecule has 396 valence electrons. The van der Waals surface area contributed by atoms with Crippen LogP contribution in [0.15, 0.2) is 273 Å². The molecule has 0 bridgehead atoms. The molecule has 0 atom stereocenters. The Morgan fingerprint density at radius 2 is 0.440 bits per heavy atom. The second-order valence-electron chi connectivity index (χ2n) is 22.2. The van der Waals surface area contributed by atoms with Gasteiger partial charge < -0.3 is 13.7 Å². The predicted molar refractivity (Wildman–Crippen MR) is 350 cm³/mol. The third-order valence-corrected chi connectivity index (χ3v) is 17.1. The molecule has 0 aliphatic carbocycles. The van der Waals surface area contributed by atoms with Crippen LogP contribution in [0.3, 0.4) is 0 Å². The van der Waals surface area contributed by atoms with Crippen molar-refractivity contribution in [2.24, 2.45) is 0 Å². The van der Waals surface area contributed by atoms with Gasteiger partial charge in [0.15, 0.2) is 17.5 Å². The Balaban J connectivity index is 0.796. The van der Waals surface area contributed by atoms with E-state index in [1.807, 2.05) is 0 Å². The monoisotopic (exact) mass is 1070 g/mol. The summed E-state index contributed by atoms with van der Waals surface area (Å²) in [5.74, 6) is 1.81. The summed E-state index contributed by atoms with van der Waals surface area (Å²) in [5.41, 5.74) is 23.5. The van der Waals surface area contributed by atoms with Crippen LogP contribution in [0.2, 0.25) is 0 Å². The lowest BCUT2D eigenvalue weighted by Gasteiger charge is -2.15. The van der Waals surface area contributed by atoms with E-state index in [0.29, 0.717) is 17.5 Å². The average molecular weight is 1080 g/mol. The Kier molecular flexibility index (Phi) is 11.4. The Morgan fingerprint density at radius 1 is 0.214 bits per heavy atom. The minimum Gasteiger partial charge on any atom is -0.309 e. The van der Waals surface area contributed by atoms with E-state index < -0.39 is 0 Å². The summed E-state index contributed by atoms with van der Waals surface area (Å²) in [5, 5.41) is 7.49. The number of hydrogen-bond donors (Lipinski definition) is 0. The standard InChI is InChI=1S/C78H54N6/c1-49-43-58(82-70-31-10-4-25-64(70)65-26-5-11-32-71(65)82)37-40-61(49)52-19-16-22-55(46-52)76-79-77(56-23-17-20-53(47-56)62-41-38-59(44-50(62)2)83-72-33-12-6-27-66(72)67-28-7-13-34-73(67)83)81-78(80-76)57-24-18-21-54(48-57)63-42-39-60(45-51(63)3)84-74-35-14-8-29-68(74)69-30-9-15-36-75(69)84/h4-48H,1-3H3. The quantitative estimate of drug-likeness (QED) is 0.145. The Morgan fingerprint density at radius 3 is 0.679 bits per heavy atom. The average Bonchev–Trinajstić information content (AvgIpc) is 2.56. The number of para-hydroxylation sites is 6. The van der Waals surface area contributed by atoms with Gasteiger partial charge in [0.2, 0.25) is 0 Å². The lowest BCUT2D eigenvalue weighted by molar-refractivity contribution is 1.07. The molecule has 0 N–H and O–H groups in total. The molecule has 0 saturated carbocycles. The van der Waals surface area contributed by atoms with Gasteiger partial charge in [-0.15, -0.1) is 0 Å². The molecular weight excluding hydrogens is 1020 g/mol. The number of rotatable bonds is 9. The molecule has 0 aliphatic rings. The molecule has 12 aromatic carbocycles. The van der Waals surface area contributed by atoms with E-state index in [0.717, 1.165) is 67.1 Å². The molecular formula is C78H54N6. The summed E-state index contributed by atoms with van der Waals surface area (Å²) < 4.78 is 7.13. The number of hydrogen-bond acceptors (Lipinski definition) is 3. The fraction of sp³-hybridized carbons (Fsp3) is 0.0385. The van der Waals surface area contributed by atoms with Gasteiger partial charge in [-0.05, 0) is 162 Å². The number of benzene rings is 12. The van der Waals surface area contributed by atoms with Crippen molar-refractivity contribution < 1.29 is 0 Å². The van der Waals surface area contributed by atoms with Crippen LogP contribution < -0.4 is 0 Å². The fourth-order valence-corrected chi connectivity index (χ4v) is 13.2.